The normalized spacial score (nSPS) is 41.9. The standard InChI is InChI=1S/C19H29N3O3/c1-12-13(3-5-20(12)2)17(23)21-6-4-19(9-21)10-22(11-19)18(24)16-14-7-25-8-15(14)16/h12-16H,3-11H2,1-2H3/t12-,13-,14-,15+,16?/m1/s1. The van der Waals surface area contributed by atoms with Gasteiger partial charge in [0.05, 0.1) is 19.1 Å². The van der Waals surface area contributed by atoms with Gasteiger partial charge < -0.3 is 19.4 Å². The monoisotopic (exact) mass is 347 g/mol. The van der Waals surface area contributed by atoms with E-state index in [4.69, 9.17) is 4.74 Å². The van der Waals surface area contributed by atoms with Gasteiger partial charge in [0.25, 0.3) is 0 Å². The Bertz CT molecular complexity index is 593. The fourth-order valence-electron chi connectivity index (χ4n) is 5.78. The predicted molar refractivity (Wildman–Crippen MR) is 91.7 cm³/mol. The van der Waals surface area contributed by atoms with Crippen molar-refractivity contribution in [2.75, 3.05) is 53.0 Å². The van der Waals surface area contributed by atoms with Crippen LogP contribution in [0.2, 0.25) is 0 Å². The molecule has 0 aromatic carbocycles. The molecule has 1 aliphatic carbocycles. The Kier molecular flexibility index (Phi) is 3.49. The van der Waals surface area contributed by atoms with Gasteiger partial charge in [-0.1, -0.05) is 0 Å². The quantitative estimate of drug-likeness (QED) is 0.720. The molecule has 0 radical (unpaired) electrons. The Labute approximate surface area is 149 Å². The van der Waals surface area contributed by atoms with Crippen molar-refractivity contribution in [2.45, 2.75) is 25.8 Å². The van der Waals surface area contributed by atoms with Gasteiger partial charge in [0.15, 0.2) is 0 Å². The largest absolute Gasteiger partial charge is 0.381 e. The van der Waals surface area contributed by atoms with Crippen molar-refractivity contribution in [3.05, 3.63) is 0 Å². The summed E-state index contributed by atoms with van der Waals surface area (Å²) in [5, 5.41) is 0. The highest BCUT2D eigenvalue weighted by Crippen LogP contribution is 2.53. The number of rotatable bonds is 2. The molecule has 4 saturated heterocycles. The van der Waals surface area contributed by atoms with E-state index in [2.05, 4.69) is 23.8 Å². The Morgan fingerprint density at radius 2 is 1.68 bits per heavy atom. The lowest BCUT2D eigenvalue weighted by Gasteiger charge is -2.48. The zero-order valence-electron chi connectivity index (χ0n) is 15.3. The molecule has 6 nitrogen and oxygen atoms in total. The highest BCUT2D eigenvalue weighted by molar-refractivity contribution is 5.84. The Balaban J connectivity index is 1.16. The highest BCUT2D eigenvalue weighted by atomic mass is 16.5. The third-order valence-electron chi connectivity index (χ3n) is 7.74. The van der Waals surface area contributed by atoms with Crippen molar-refractivity contribution in [1.29, 1.82) is 0 Å². The summed E-state index contributed by atoms with van der Waals surface area (Å²) in [6.45, 7) is 8.17. The second-order valence-corrected chi connectivity index (χ2v) is 9.21. The van der Waals surface area contributed by atoms with Crippen LogP contribution in [0.15, 0.2) is 0 Å². The van der Waals surface area contributed by atoms with Crippen molar-refractivity contribution in [3.63, 3.8) is 0 Å². The molecule has 25 heavy (non-hydrogen) atoms. The van der Waals surface area contributed by atoms with Crippen LogP contribution < -0.4 is 0 Å². The van der Waals surface area contributed by atoms with Crippen LogP contribution in [0.3, 0.4) is 0 Å². The van der Waals surface area contributed by atoms with Crippen LogP contribution in [0.4, 0.5) is 0 Å². The van der Waals surface area contributed by atoms with Crippen molar-refractivity contribution >= 4 is 11.8 Å². The number of hydrogen-bond acceptors (Lipinski definition) is 4. The number of fused-ring (bicyclic) bond motifs is 1. The van der Waals surface area contributed by atoms with Crippen LogP contribution >= 0.6 is 0 Å². The van der Waals surface area contributed by atoms with E-state index in [1.807, 2.05) is 4.90 Å². The molecule has 0 aromatic heterocycles. The van der Waals surface area contributed by atoms with Gasteiger partial charge in [-0.2, -0.15) is 0 Å². The van der Waals surface area contributed by atoms with E-state index in [-0.39, 0.29) is 17.3 Å². The first-order valence-electron chi connectivity index (χ1n) is 9.85. The first kappa shape index (κ1) is 16.1. The van der Waals surface area contributed by atoms with Gasteiger partial charge in [0, 0.05) is 43.6 Å². The predicted octanol–water partition coefficient (Wildman–Crippen LogP) is 0.280. The number of ether oxygens (including phenoxy) is 1. The average molecular weight is 347 g/mol. The molecule has 4 heterocycles. The summed E-state index contributed by atoms with van der Waals surface area (Å²) in [4.78, 5) is 31.9. The minimum Gasteiger partial charge on any atom is -0.381 e. The van der Waals surface area contributed by atoms with Gasteiger partial charge in [0.2, 0.25) is 11.8 Å². The first-order valence-corrected chi connectivity index (χ1v) is 9.85. The fraction of sp³-hybridized carbons (Fsp3) is 0.895. The topological polar surface area (TPSA) is 53.1 Å². The molecule has 138 valence electrons. The molecule has 6 heteroatoms. The Hall–Kier alpha value is -1.14. The molecule has 2 amide bonds. The van der Waals surface area contributed by atoms with E-state index in [0.717, 1.165) is 58.8 Å². The van der Waals surface area contributed by atoms with E-state index in [1.54, 1.807) is 0 Å². The third-order valence-corrected chi connectivity index (χ3v) is 7.74. The zero-order valence-corrected chi connectivity index (χ0v) is 15.3. The summed E-state index contributed by atoms with van der Waals surface area (Å²) >= 11 is 0. The summed E-state index contributed by atoms with van der Waals surface area (Å²) in [6, 6.07) is 0.347. The summed E-state index contributed by atoms with van der Waals surface area (Å²) in [7, 11) is 2.11. The van der Waals surface area contributed by atoms with E-state index >= 15 is 0 Å². The van der Waals surface area contributed by atoms with Crippen molar-refractivity contribution in [3.8, 4) is 0 Å². The van der Waals surface area contributed by atoms with E-state index in [1.165, 1.54) is 0 Å². The van der Waals surface area contributed by atoms with Gasteiger partial charge in [-0.05, 0) is 45.2 Å². The molecule has 1 unspecified atom stereocenters. The molecular formula is C19H29N3O3. The second-order valence-electron chi connectivity index (χ2n) is 9.21. The smallest absolute Gasteiger partial charge is 0.227 e. The number of carbonyl (C=O) groups is 2. The molecule has 0 aromatic rings. The second kappa shape index (κ2) is 5.43. The van der Waals surface area contributed by atoms with Crippen LogP contribution in [0.25, 0.3) is 0 Å². The van der Waals surface area contributed by atoms with Crippen LogP contribution in [0.1, 0.15) is 19.8 Å². The SMILES string of the molecule is C[C@@H]1[C@H](C(=O)N2CCC3(CN(C(=O)C4[C@H]5COC[C@@H]45)C3)C2)CCN1C. The molecule has 0 bridgehead atoms. The summed E-state index contributed by atoms with van der Waals surface area (Å²) in [5.41, 5.74) is 0.180. The van der Waals surface area contributed by atoms with E-state index in [0.29, 0.717) is 29.7 Å². The Morgan fingerprint density at radius 3 is 2.32 bits per heavy atom. The third kappa shape index (κ3) is 2.36. The Morgan fingerprint density at radius 1 is 1.00 bits per heavy atom. The maximum Gasteiger partial charge on any atom is 0.227 e. The first-order chi connectivity index (χ1) is 12.0. The number of likely N-dealkylation sites (tertiary alicyclic amines) is 3. The minimum atomic E-state index is 0.156. The van der Waals surface area contributed by atoms with Crippen LogP contribution in [-0.2, 0) is 14.3 Å². The van der Waals surface area contributed by atoms with Gasteiger partial charge in [-0.25, -0.2) is 0 Å². The van der Waals surface area contributed by atoms with Gasteiger partial charge in [-0.15, -0.1) is 0 Å². The summed E-state index contributed by atoms with van der Waals surface area (Å²) in [6.07, 6.45) is 2.04. The maximum atomic E-state index is 12.9. The zero-order chi connectivity index (χ0) is 17.3. The lowest BCUT2D eigenvalue weighted by atomic mass is 9.78. The molecule has 1 saturated carbocycles. The summed E-state index contributed by atoms with van der Waals surface area (Å²) in [5.74, 6) is 2.06. The van der Waals surface area contributed by atoms with Crippen molar-refractivity contribution in [2.24, 2.45) is 29.1 Å². The number of carbonyl (C=O) groups excluding carboxylic acids is 2. The molecule has 1 spiro atoms. The van der Waals surface area contributed by atoms with Crippen LogP contribution in [0, 0.1) is 29.1 Å². The van der Waals surface area contributed by atoms with Crippen molar-refractivity contribution < 1.29 is 14.3 Å². The molecular weight excluding hydrogens is 318 g/mol. The maximum absolute atomic E-state index is 12.9. The molecule has 5 fully saturated rings. The lowest BCUT2D eigenvalue weighted by Crippen LogP contribution is -2.60. The average Bonchev–Trinajstić information content (AvgIpc) is 2.98. The lowest BCUT2D eigenvalue weighted by molar-refractivity contribution is -0.146. The summed E-state index contributed by atoms with van der Waals surface area (Å²) < 4.78 is 5.40. The molecule has 5 atom stereocenters. The van der Waals surface area contributed by atoms with Gasteiger partial charge in [-0.3, -0.25) is 9.59 Å². The van der Waals surface area contributed by atoms with Crippen molar-refractivity contribution in [1.82, 2.24) is 14.7 Å². The van der Waals surface area contributed by atoms with E-state index in [9.17, 15) is 9.59 Å². The van der Waals surface area contributed by atoms with E-state index < -0.39 is 0 Å². The molecule has 5 rings (SSSR count). The van der Waals surface area contributed by atoms with Gasteiger partial charge >= 0.3 is 0 Å². The van der Waals surface area contributed by atoms with Crippen LogP contribution in [-0.4, -0.2) is 85.5 Å². The van der Waals surface area contributed by atoms with Gasteiger partial charge in [0.1, 0.15) is 0 Å². The number of nitrogens with zero attached hydrogens (tertiary/aromatic N) is 3. The number of amides is 2. The molecule has 4 aliphatic heterocycles. The number of hydrogen-bond donors (Lipinski definition) is 0. The fourth-order valence-corrected chi connectivity index (χ4v) is 5.78. The minimum absolute atomic E-state index is 0.156. The molecule has 5 aliphatic rings. The molecule has 0 N–H and O–H groups in total. The highest BCUT2D eigenvalue weighted by Gasteiger charge is 2.61. The van der Waals surface area contributed by atoms with Crippen LogP contribution in [0.5, 0.6) is 0 Å².